The number of ether oxygens (including phenoxy) is 2. The standard InChI is InChI=1S/C22H19Cl2N3O4/c1-3-30-20(28)8-9-27-12-17(24)15-10-13(4-6-18(15)27)21-25-22(31-26-21)14-5-7-19(29-2)16(23)11-14/h4-7,10-12H,3,8-9H2,1-2H3. The van der Waals surface area contributed by atoms with E-state index in [1.54, 1.807) is 38.4 Å². The summed E-state index contributed by atoms with van der Waals surface area (Å²) >= 11 is 12.6. The molecule has 160 valence electrons. The summed E-state index contributed by atoms with van der Waals surface area (Å²) in [5.41, 5.74) is 2.35. The summed E-state index contributed by atoms with van der Waals surface area (Å²) in [6, 6.07) is 10.9. The number of benzene rings is 2. The molecule has 2 aromatic carbocycles. The first-order valence-corrected chi connectivity index (χ1v) is 10.4. The van der Waals surface area contributed by atoms with Crippen LogP contribution in [0.3, 0.4) is 0 Å². The van der Waals surface area contributed by atoms with Crippen LogP contribution in [-0.4, -0.2) is 34.4 Å². The second-order valence-electron chi connectivity index (χ2n) is 6.73. The summed E-state index contributed by atoms with van der Waals surface area (Å²) in [5, 5.41) is 5.95. The van der Waals surface area contributed by atoms with Gasteiger partial charge in [0.25, 0.3) is 5.89 Å². The van der Waals surface area contributed by atoms with Crippen molar-refractivity contribution in [2.75, 3.05) is 13.7 Å². The van der Waals surface area contributed by atoms with Gasteiger partial charge in [0.2, 0.25) is 5.82 Å². The van der Waals surface area contributed by atoms with E-state index in [1.807, 2.05) is 22.8 Å². The molecule has 9 heteroatoms. The zero-order valence-corrected chi connectivity index (χ0v) is 18.4. The van der Waals surface area contributed by atoms with E-state index in [4.69, 9.17) is 37.2 Å². The molecule has 0 bridgehead atoms. The van der Waals surface area contributed by atoms with Crippen LogP contribution in [0, 0.1) is 0 Å². The van der Waals surface area contributed by atoms with E-state index in [1.165, 1.54) is 0 Å². The summed E-state index contributed by atoms with van der Waals surface area (Å²) in [6.07, 6.45) is 2.07. The molecule has 0 aliphatic heterocycles. The average Bonchev–Trinajstić information content (AvgIpc) is 3.37. The number of carbonyl (C=O) groups is 1. The van der Waals surface area contributed by atoms with Gasteiger partial charge in [-0.05, 0) is 43.3 Å². The third-order valence-corrected chi connectivity index (χ3v) is 5.37. The Labute approximate surface area is 188 Å². The van der Waals surface area contributed by atoms with Crippen LogP contribution in [0.1, 0.15) is 13.3 Å². The summed E-state index contributed by atoms with van der Waals surface area (Å²) < 4.78 is 17.5. The molecular formula is C22H19Cl2N3O4. The molecule has 0 saturated carbocycles. The van der Waals surface area contributed by atoms with Gasteiger partial charge >= 0.3 is 5.97 Å². The van der Waals surface area contributed by atoms with Crippen molar-refractivity contribution in [3.05, 3.63) is 52.6 Å². The number of halogens is 2. The van der Waals surface area contributed by atoms with Crippen molar-refractivity contribution in [1.82, 2.24) is 14.7 Å². The average molecular weight is 460 g/mol. The van der Waals surface area contributed by atoms with Gasteiger partial charge in [0.05, 0.1) is 30.2 Å². The highest BCUT2D eigenvalue weighted by Gasteiger charge is 2.15. The van der Waals surface area contributed by atoms with Crippen molar-refractivity contribution >= 4 is 40.1 Å². The molecule has 0 fully saturated rings. The quantitative estimate of drug-likeness (QED) is 0.333. The topological polar surface area (TPSA) is 79.4 Å². The predicted molar refractivity (Wildman–Crippen MR) is 118 cm³/mol. The lowest BCUT2D eigenvalue weighted by atomic mass is 10.1. The number of esters is 1. The number of nitrogens with zero attached hydrogens (tertiary/aromatic N) is 3. The van der Waals surface area contributed by atoms with Crippen LogP contribution >= 0.6 is 23.2 Å². The lowest BCUT2D eigenvalue weighted by Gasteiger charge is -2.05. The maximum absolute atomic E-state index is 11.7. The number of hydrogen-bond acceptors (Lipinski definition) is 6. The fraction of sp³-hybridized carbons (Fsp3) is 0.227. The first kappa shape index (κ1) is 21.2. The van der Waals surface area contributed by atoms with Gasteiger partial charge in [-0.1, -0.05) is 28.4 Å². The number of carbonyl (C=O) groups excluding carboxylic acids is 1. The Bertz CT molecular complexity index is 1250. The van der Waals surface area contributed by atoms with E-state index in [-0.39, 0.29) is 12.4 Å². The predicted octanol–water partition coefficient (Wildman–Crippen LogP) is 5.63. The van der Waals surface area contributed by atoms with Crippen molar-refractivity contribution in [3.8, 4) is 28.6 Å². The molecule has 0 unspecified atom stereocenters. The lowest BCUT2D eigenvalue weighted by Crippen LogP contribution is -2.08. The third-order valence-electron chi connectivity index (χ3n) is 4.78. The molecule has 0 aliphatic rings. The number of methoxy groups -OCH3 is 1. The number of aromatic nitrogens is 3. The van der Waals surface area contributed by atoms with Crippen LogP contribution in [-0.2, 0) is 16.1 Å². The molecule has 0 spiro atoms. The number of aryl methyl sites for hydroxylation is 1. The molecule has 31 heavy (non-hydrogen) atoms. The second kappa shape index (κ2) is 8.99. The zero-order chi connectivity index (χ0) is 22.0. The maximum Gasteiger partial charge on any atom is 0.307 e. The van der Waals surface area contributed by atoms with Gasteiger partial charge in [0, 0.05) is 34.8 Å². The first-order valence-electron chi connectivity index (χ1n) is 9.62. The van der Waals surface area contributed by atoms with Crippen molar-refractivity contribution in [3.63, 3.8) is 0 Å². The Morgan fingerprint density at radius 1 is 1.13 bits per heavy atom. The molecule has 0 saturated heterocycles. The van der Waals surface area contributed by atoms with Gasteiger partial charge < -0.3 is 18.6 Å². The molecule has 7 nitrogen and oxygen atoms in total. The largest absolute Gasteiger partial charge is 0.495 e. The van der Waals surface area contributed by atoms with Crippen LogP contribution in [0.15, 0.2) is 47.1 Å². The van der Waals surface area contributed by atoms with Crippen LogP contribution < -0.4 is 4.74 Å². The van der Waals surface area contributed by atoms with Crippen LogP contribution in [0.4, 0.5) is 0 Å². The molecule has 4 aromatic rings. The highest BCUT2D eigenvalue weighted by atomic mass is 35.5. The van der Waals surface area contributed by atoms with Gasteiger partial charge in [-0.25, -0.2) is 0 Å². The Hall–Kier alpha value is -3.03. The van der Waals surface area contributed by atoms with E-state index in [0.29, 0.717) is 46.2 Å². The van der Waals surface area contributed by atoms with Crippen LogP contribution in [0.5, 0.6) is 5.75 Å². The molecule has 2 heterocycles. The first-order chi connectivity index (χ1) is 15.0. The minimum atomic E-state index is -0.241. The Morgan fingerprint density at radius 3 is 2.68 bits per heavy atom. The number of hydrogen-bond donors (Lipinski definition) is 0. The monoisotopic (exact) mass is 459 g/mol. The molecule has 0 atom stereocenters. The Balaban J connectivity index is 1.60. The third kappa shape index (κ3) is 4.38. The van der Waals surface area contributed by atoms with E-state index in [9.17, 15) is 4.79 Å². The smallest absolute Gasteiger partial charge is 0.307 e. The molecule has 0 N–H and O–H groups in total. The number of rotatable bonds is 7. The fourth-order valence-corrected chi connectivity index (χ4v) is 3.81. The normalized spacial score (nSPS) is 11.1. The highest BCUT2D eigenvalue weighted by Crippen LogP contribution is 2.32. The zero-order valence-electron chi connectivity index (χ0n) is 16.9. The Kier molecular flexibility index (Phi) is 6.15. The number of fused-ring (bicyclic) bond motifs is 1. The maximum atomic E-state index is 11.7. The van der Waals surface area contributed by atoms with Crippen molar-refractivity contribution in [1.29, 1.82) is 0 Å². The molecular weight excluding hydrogens is 441 g/mol. The minimum Gasteiger partial charge on any atom is -0.495 e. The molecule has 0 amide bonds. The molecule has 0 radical (unpaired) electrons. The van der Waals surface area contributed by atoms with Gasteiger partial charge in [0.1, 0.15) is 5.75 Å². The summed E-state index contributed by atoms with van der Waals surface area (Å²) in [6.45, 7) is 2.63. The van der Waals surface area contributed by atoms with E-state index < -0.39 is 0 Å². The molecule has 4 rings (SSSR count). The van der Waals surface area contributed by atoms with E-state index in [0.717, 1.165) is 16.5 Å². The summed E-state index contributed by atoms with van der Waals surface area (Å²) in [7, 11) is 1.55. The SMILES string of the molecule is CCOC(=O)CCn1cc(Cl)c2cc(-c3noc(-c4ccc(OC)c(Cl)c4)n3)ccc21. The second-order valence-corrected chi connectivity index (χ2v) is 7.54. The lowest BCUT2D eigenvalue weighted by molar-refractivity contribution is -0.143. The fourth-order valence-electron chi connectivity index (χ4n) is 3.28. The van der Waals surface area contributed by atoms with Crippen LogP contribution in [0.2, 0.25) is 10.0 Å². The summed E-state index contributed by atoms with van der Waals surface area (Å²) in [5.74, 6) is 1.10. The van der Waals surface area contributed by atoms with Gasteiger partial charge in [-0.3, -0.25) is 4.79 Å². The minimum absolute atomic E-state index is 0.241. The van der Waals surface area contributed by atoms with Gasteiger partial charge in [-0.15, -0.1) is 0 Å². The van der Waals surface area contributed by atoms with Crippen molar-refractivity contribution in [2.24, 2.45) is 0 Å². The molecule has 0 aliphatic carbocycles. The highest BCUT2D eigenvalue weighted by molar-refractivity contribution is 6.35. The van der Waals surface area contributed by atoms with Crippen LogP contribution in [0.25, 0.3) is 33.7 Å². The van der Waals surface area contributed by atoms with Gasteiger partial charge in [0.15, 0.2) is 0 Å². The summed E-state index contributed by atoms with van der Waals surface area (Å²) in [4.78, 5) is 16.1. The molecule has 2 aromatic heterocycles. The van der Waals surface area contributed by atoms with Crippen molar-refractivity contribution in [2.45, 2.75) is 19.9 Å². The van der Waals surface area contributed by atoms with E-state index in [2.05, 4.69) is 10.1 Å². The van der Waals surface area contributed by atoms with Gasteiger partial charge in [-0.2, -0.15) is 4.98 Å². The van der Waals surface area contributed by atoms with E-state index >= 15 is 0 Å². The Morgan fingerprint density at radius 2 is 1.94 bits per heavy atom. The van der Waals surface area contributed by atoms with Crippen molar-refractivity contribution < 1.29 is 18.8 Å².